The summed E-state index contributed by atoms with van der Waals surface area (Å²) in [6.07, 6.45) is 10.6. The molecule has 128 valence electrons. The summed E-state index contributed by atoms with van der Waals surface area (Å²) in [5, 5.41) is 4.56. The molecule has 1 saturated heterocycles. The van der Waals surface area contributed by atoms with Crippen LogP contribution in [0.2, 0.25) is 0 Å². The Hall–Kier alpha value is -1.07. The normalized spacial score (nSPS) is 21.3. The summed E-state index contributed by atoms with van der Waals surface area (Å²) in [5.74, 6) is 0.997. The van der Waals surface area contributed by atoms with Gasteiger partial charge < -0.3 is 19.5 Å². The van der Waals surface area contributed by atoms with Crippen LogP contribution in [0.3, 0.4) is 0 Å². The Morgan fingerprint density at radius 1 is 1.26 bits per heavy atom. The fraction of sp³-hybridized carbons (Fsp3) is 0.722. The van der Waals surface area contributed by atoms with Gasteiger partial charge in [-0.15, -0.1) is 0 Å². The number of thiocarbonyl (C=S) groups is 1. The molecule has 0 radical (unpaired) electrons. The van der Waals surface area contributed by atoms with E-state index in [1.165, 1.54) is 44.9 Å². The zero-order valence-electron chi connectivity index (χ0n) is 14.2. The Kier molecular flexibility index (Phi) is 5.95. The molecule has 0 amide bonds. The van der Waals surface area contributed by atoms with Crippen LogP contribution in [0.1, 0.15) is 50.7 Å². The molecule has 0 unspecified atom stereocenters. The molecule has 2 fully saturated rings. The van der Waals surface area contributed by atoms with Gasteiger partial charge in [-0.05, 0) is 70.2 Å². The van der Waals surface area contributed by atoms with Gasteiger partial charge in [0.15, 0.2) is 5.11 Å². The van der Waals surface area contributed by atoms with Gasteiger partial charge in [0, 0.05) is 12.1 Å². The number of likely N-dealkylation sites (tertiary alicyclic amines) is 1. The van der Waals surface area contributed by atoms with Crippen LogP contribution in [-0.2, 0) is 6.54 Å². The third-order valence-electron chi connectivity index (χ3n) is 5.23. The van der Waals surface area contributed by atoms with Crippen molar-refractivity contribution in [1.29, 1.82) is 0 Å². The minimum Gasteiger partial charge on any atom is -0.467 e. The van der Waals surface area contributed by atoms with Crippen LogP contribution in [-0.4, -0.2) is 47.1 Å². The average Bonchev–Trinajstić information content (AvgIpc) is 3.08. The largest absolute Gasteiger partial charge is 0.467 e. The highest BCUT2D eigenvalue weighted by Crippen LogP contribution is 2.21. The van der Waals surface area contributed by atoms with E-state index < -0.39 is 0 Å². The first-order valence-electron chi connectivity index (χ1n) is 9.00. The molecule has 1 aliphatic heterocycles. The van der Waals surface area contributed by atoms with Crippen molar-refractivity contribution in [2.75, 3.05) is 20.1 Å². The lowest BCUT2D eigenvalue weighted by Crippen LogP contribution is -2.51. The summed E-state index contributed by atoms with van der Waals surface area (Å²) in [6, 6.07) is 5.08. The number of hydrogen-bond acceptors (Lipinski definition) is 3. The van der Waals surface area contributed by atoms with Crippen LogP contribution in [0.5, 0.6) is 0 Å². The first kappa shape index (κ1) is 16.8. The lowest BCUT2D eigenvalue weighted by Gasteiger charge is -2.39. The molecule has 23 heavy (non-hydrogen) atoms. The summed E-state index contributed by atoms with van der Waals surface area (Å²) in [7, 11) is 2.20. The summed E-state index contributed by atoms with van der Waals surface area (Å²) in [6.45, 7) is 3.07. The van der Waals surface area contributed by atoms with Gasteiger partial charge in [-0.1, -0.05) is 19.3 Å². The number of piperidine rings is 1. The van der Waals surface area contributed by atoms with E-state index in [-0.39, 0.29) is 0 Å². The van der Waals surface area contributed by atoms with Gasteiger partial charge in [0.1, 0.15) is 5.76 Å². The third-order valence-corrected chi connectivity index (χ3v) is 5.58. The molecule has 0 atom stereocenters. The fourth-order valence-corrected chi connectivity index (χ4v) is 4.13. The molecule has 1 N–H and O–H groups in total. The molecule has 2 heterocycles. The zero-order valence-corrected chi connectivity index (χ0v) is 15.0. The standard InChI is InChI=1S/C18H29N3OS/c1-20-11-9-16(10-12-20)21(14-17-8-5-13-22-17)18(23)19-15-6-3-2-4-7-15/h5,8,13,15-16H,2-4,6-7,9-12,14H2,1H3,(H,19,23). The third kappa shape index (κ3) is 4.70. The smallest absolute Gasteiger partial charge is 0.169 e. The Morgan fingerprint density at radius 3 is 2.65 bits per heavy atom. The summed E-state index contributed by atoms with van der Waals surface area (Å²) < 4.78 is 5.58. The molecule has 5 heteroatoms. The van der Waals surface area contributed by atoms with Crippen molar-refractivity contribution < 1.29 is 4.42 Å². The monoisotopic (exact) mass is 335 g/mol. The Morgan fingerprint density at radius 2 is 2.00 bits per heavy atom. The number of rotatable bonds is 4. The number of hydrogen-bond donors (Lipinski definition) is 1. The van der Waals surface area contributed by atoms with Gasteiger partial charge in [-0.2, -0.15) is 0 Å². The highest BCUT2D eigenvalue weighted by atomic mass is 32.1. The van der Waals surface area contributed by atoms with Crippen LogP contribution in [0.4, 0.5) is 0 Å². The highest BCUT2D eigenvalue weighted by molar-refractivity contribution is 7.80. The van der Waals surface area contributed by atoms with Crippen molar-refractivity contribution in [3.63, 3.8) is 0 Å². The van der Waals surface area contributed by atoms with Crippen molar-refractivity contribution >= 4 is 17.3 Å². The van der Waals surface area contributed by atoms with Gasteiger partial charge in [0.2, 0.25) is 0 Å². The minimum absolute atomic E-state index is 0.514. The molecule has 3 rings (SSSR count). The van der Waals surface area contributed by atoms with Crippen molar-refractivity contribution in [3.8, 4) is 0 Å². The molecule has 1 aliphatic carbocycles. The second-order valence-corrected chi connectivity index (χ2v) is 7.41. The van der Waals surface area contributed by atoms with E-state index in [4.69, 9.17) is 16.6 Å². The zero-order chi connectivity index (χ0) is 16.1. The minimum atomic E-state index is 0.514. The molecule has 1 saturated carbocycles. The topological polar surface area (TPSA) is 31.6 Å². The predicted octanol–water partition coefficient (Wildman–Crippen LogP) is 3.38. The maximum atomic E-state index is 5.80. The Balaban J connectivity index is 1.64. The Bertz CT molecular complexity index is 476. The van der Waals surface area contributed by atoms with Gasteiger partial charge in [0.05, 0.1) is 12.8 Å². The average molecular weight is 336 g/mol. The van der Waals surface area contributed by atoms with E-state index in [0.29, 0.717) is 12.1 Å². The van der Waals surface area contributed by atoms with E-state index in [0.717, 1.165) is 30.5 Å². The van der Waals surface area contributed by atoms with E-state index in [1.807, 2.05) is 12.1 Å². The lowest BCUT2D eigenvalue weighted by atomic mass is 9.95. The number of furan rings is 1. The van der Waals surface area contributed by atoms with Crippen molar-refractivity contribution in [2.45, 2.75) is 63.6 Å². The molecular formula is C18H29N3OS. The van der Waals surface area contributed by atoms with Gasteiger partial charge in [-0.3, -0.25) is 0 Å². The van der Waals surface area contributed by atoms with Gasteiger partial charge >= 0.3 is 0 Å². The van der Waals surface area contributed by atoms with Crippen LogP contribution in [0.15, 0.2) is 22.8 Å². The second kappa shape index (κ2) is 8.15. The Labute approximate surface area is 145 Å². The number of nitrogens with zero attached hydrogens (tertiary/aromatic N) is 2. The van der Waals surface area contributed by atoms with Crippen molar-refractivity contribution in [1.82, 2.24) is 15.1 Å². The SMILES string of the molecule is CN1CCC(N(Cc2ccco2)C(=S)NC2CCCCC2)CC1. The van der Waals surface area contributed by atoms with Crippen LogP contribution in [0.25, 0.3) is 0 Å². The predicted molar refractivity (Wildman–Crippen MR) is 97.4 cm³/mol. The number of nitrogens with one attached hydrogen (secondary N) is 1. The quantitative estimate of drug-likeness (QED) is 0.853. The molecule has 1 aromatic heterocycles. The van der Waals surface area contributed by atoms with Gasteiger partial charge in [0.25, 0.3) is 0 Å². The summed E-state index contributed by atoms with van der Waals surface area (Å²) in [4.78, 5) is 4.77. The fourth-order valence-electron chi connectivity index (χ4n) is 3.75. The first-order valence-corrected chi connectivity index (χ1v) is 9.41. The van der Waals surface area contributed by atoms with Crippen LogP contribution >= 0.6 is 12.2 Å². The van der Waals surface area contributed by atoms with Crippen molar-refractivity contribution in [3.05, 3.63) is 24.2 Å². The van der Waals surface area contributed by atoms with Crippen molar-refractivity contribution in [2.24, 2.45) is 0 Å². The molecule has 1 aromatic rings. The molecule has 0 bridgehead atoms. The summed E-state index contributed by atoms with van der Waals surface area (Å²) >= 11 is 5.80. The molecule has 0 aromatic carbocycles. The van der Waals surface area contributed by atoms with Gasteiger partial charge in [-0.25, -0.2) is 0 Å². The maximum Gasteiger partial charge on any atom is 0.169 e. The van der Waals surface area contributed by atoms with Crippen LogP contribution < -0.4 is 5.32 Å². The molecule has 0 spiro atoms. The second-order valence-electron chi connectivity index (χ2n) is 7.03. The maximum absolute atomic E-state index is 5.80. The van der Waals surface area contributed by atoms with Crippen LogP contribution in [0, 0.1) is 0 Å². The highest BCUT2D eigenvalue weighted by Gasteiger charge is 2.27. The van der Waals surface area contributed by atoms with E-state index >= 15 is 0 Å². The lowest BCUT2D eigenvalue weighted by molar-refractivity contribution is 0.163. The van der Waals surface area contributed by atoms with E-state index in [1.54, 1.807) is 6.26 Å². The van der Waals surface area contributed by atoms with E-state index in [9.17, 15) is 0 Å². The first-order chi connectivity index (χ1) is 11.2. The van der Waals surface area contributed by atoms with E-state index in [2.05, 4.69) is 22.2 Å². The summed E-state index contributed by atoms with van der Waals surface area (Å²) in [5.41, 5.74) is 0. The molecule has 2 aliphatic rings. The molecular weight excluding hydrogens is 306 g/mol. The molecule has 4 nitrogen and oxygen atoms in total.